The van der Waals surface area contributed by atoms with Gasteiger partial charge >= 0.3 is 5.97 Å². The van der Waals surface area contributed by atoms with Gasteiger partial charge in [0.05, 0.1) is 5.41 Å². The third-order valence-electron chi connectivity index (χ3n) is 4.62. The molecule has 4 heteroatoms. The van der Waals surface area contributed by atoms with Crippen LogP contribution in [0.15, 0.2) is 18.2 Å². The van der Waals surface area contributed by atoms with E-state index in [0.717, 1.165) is 17.7 Å². The van der Waals surface area contributed by atoms with Gasteiger partial charge in [-0.1, -0.05) is 19.9 Å². The fourth-order valence-corrected chi connectivity index (χ4v) is 2.99. The van der Waals surface area contributed by atoms with Gasteiger partial charge in [-0.3, -0.25) is 9.69 Å². The summed E-state index contributed by atoms with van der Waals surface area (Å²) in [5, 5.41) is 9.53. The molecule has 0 radical (unpaired) electrons. The van der Waals surface area contributed by atoms with Crippen LogP contribution in [-0.4, -0.2) is 29.1 Å². The molecule has 0 aromatic heterocycles. The number of hydrogen-bond acceptors (Lipinski definition) is 2. The lowest BCUT2D eigenvalue weighted by atomic mass is 9.76. The van der Waals surface area contributed by atoms with Crippen molar-refractivity contribution in [3.05, 3.63) is 35.1 Å². The average Bonchev–Trinajstić information content (AvgIpc) is 2.79. The number of carboxylic acid groups (broad SMARTS) is 1. The first-order valence-corrected chi connectivity index (χ1v) is 7.06. The van der Waals surface area contributed by atoms with Gasteiger partial charge in [0.1, 0.15) is 5.82 Å². The van der Waals surface area contributed by atoms with E-state index in [1.807, 2.05) is 20.8 Å². The standard InChI is InChI=1S/C16H22FNO2/c1-11(2)16(15(19)20)6-7-18(10-16)9-13-8-14(17)5-4-12(13)3/h4-5,8,11H,6-7,9-10H2,1-3H3,(H,19,20). The number of nitrogens with zero attached hydrogens (tertiary/aromatic N) is 1. The van der Waals surface area contributed by atoms with E-state index in [1.54, 1.807) is 12.1 Å². The van der Waals surface area contributed by atoms with Crippen LogP contribution in [0.1, 0.15) is 31.4 Å². The number of rotatable bonds is 4. The van der Waals surface area contributed by atoms with Crippen molar-refractivity contribution in [2.24, 2.45) is 11.3 Å². The van der Waals surface area contributed by atoms with Gasteiger partial charge in [-0.05, 0) is 49.1 Å². The lowest BCUT2D eigenvalue weighted by Gasteiger charge is -2.29. The minimum absolute atomic E-state index is 0.0959. The van der Waals surface area contributed by atoms with E-state index in [9.17, 15) is 14.3 Å². The summed E-state index contributed by atoms with van der Waals surface area (Å²) < 4.78 is 13.3. The predicted molar refractivity (Wildman–Crippen MR) is 75.9 cm³/mol. The molecule has 20 heavy (non-hydrogen) atoms. The maximum Gasteiger partial charge on any atom is 0.311 e. The lowest BCUT2D eigenvalue weighted by molar-refractivity contribution is -0.151. The average molecular weight is 279 g/mol. The van der Waals surface area contributed by atoms with Gasteiger partial charge in [0.15, 0.2) is 0 Å². The van der Waals surface area contributed by atoms with E-state index < -0.39 is 11.4 Å². The zero-order valence-electron chi connectivity index (χ0n) is 12.3. The van der Waals surface area contributed by atoms with Crippen molar-refractivity contribution < 1.29 is 14.3 Å². The summed E-state index contributed by atoms with van der Waals surface area (Å²) in [4.78, 5) is 13.7. The number of carboxylic acids is 1. The molecular formula is C16H22FNO2. The minimum Gasteiger partial charge on any atom is -0.481 e. The van der Waals surface area contributed by atoms with Crippen molar-refractivity contribution >= 4 is 5.97 Å². The summed E-state index contributed by atoms with van der Waals surface area (Å²) in [6, 6.07) is 4.78. The molecule has 0 saturated carbocycles. The van der Waals surface area contributed by atoms with Crippen LogP contribution in [0.4, 0.5) is 4.39 Å². The van der Waals surface area contributed by atoms with E-state index >= 15 is 0 Å². The SMILES string of the molecule is Cc1ccc(F)cc1CN1CCC(C(=O)O)(C(C)C)C1. The molecule has 1 aliphatic rings. The summed E-state index contributed by atoms with van der Waals surface area (Å²) >= 11 is 0. The number of aryl methyl sites for hydroxylation is 1. The molecule has 110 valence electrons. The van der Waals surface area contributed by atoms with Crippen molar-refractivity contribution in [2.45, 2.75) is 33.7 Å². The Kier molecular flexibility index (Phi) is 4.14. The smallest absolute Gasteiger partial charge is 0.311 e. The van der Waals surface area contributed by atoms with Gasteiger partial charge < -0.3 is 5.11 Å². The third kappa shape index (κ3) is 2.70. The predicted octanol–water partition coefficient (Wildman–Crippen LogP) is 3.07. The summed E-state index contributed by atoms with van der Waals surface area (Å²) in [6.07, 6.45) is 0.661. The fraction of sp³-hybridized carbons (Fsp3) is 0.562. The van der Waals surface area contributed by atoms with E-state index in [1.165, 1.54) is 6.07 Å². The molecule has 0 amide bonds. The van der Waals surface area contributed by atoms with Crippen molar-refractivity contribution in [1.82, 2.24) is 4.90 Å². The summed E-state index contributed by atoms with van der Waals surface area (Å²) in [5.41, 5.74) is 1.32. The monoisotopic (exact) mass is 279 g/mol. The summed E-state index contributed by atoms with van der Waals surface area (Å²) in [7, 11) is 0. The Morgan fingerprint density at radius 1 is 1.50 bits per heavy atom. The summed E-state index contributed by atoms with van der Waals surface area (Å²) in [6.45, 7) is 7.79. The quantitative estimate of drug-likeness (QED) is 0.921. The first kappa shape index (κ1) is 15.0. The molecule has 1 saturated heterocycles. The molecule has 1 fully saturated rings. The maximum atomic E-state index is 13.3. The van der Waals surface area contributed by atoms with Gasteiger partial charge in [0, 0.05) is 13.1 Å². The Morgan fingerprint density at radius 2 is 2.20 bits per heavy atom. The van der Waals surface area contributed by atoms with Gasteiger partial charge in [-0.15, -0.1) is 0 Å². The highest BCUT2D eigenvalue weighted by Crippen LogP contribution is 2.38. The normalized spacial score (nSPS) is 23.4. The van der Waals surface area contributed by atoms with Crippen molar-refractivity contribution in [3.63, 3.8) is 0 Å². The second kappa shape index (κ2) is 5.52. The molecule has 3 nitrogen and oxygen atoms in total. The van der Waals surface area contributed by atoms with Crippen LogP contribution in [0.25, 0.3) is 0 Å². The molecule has 1 aromatic rings. The lowest BCUT2D eigenvalue weighted by Crippen LogP contribution is -2.39. The van der Waals surface area contributed by atoms with Gasteiger partial charge in [-0.2, -0.15) is 0 Å². The minimum atomic E-state index is -0.717. The molecule has 0 spiro atoms. The third-order valence-corrected chi connectivity index (χ3v) is 4.62. The van der Waals surface area contributed by atoms with Crippen molar-refractivity contribution in [3.8, 4) is 0 Å². The number of halogens is 1. The van der Waals surface area contributed by atoms with Crippen LogP contribution < -0.4 is 0 Å². The molecule has 1 aliphatic heterocycles. The second-order valence-electron chi connectivity index (χ2n) is 6.15. The first-order valence-electron chi connectivity index (χ1n) is 7.06. The highest BCUT2D eigenvalue weighted by molar-refractivity contribution is 5.75. The molecule has 0 bridgehead atoms. The van der Waals surface area contributed by atoms with Crippen LogP contribution in [0, 0.1) is 24.1 Å². The number of benzene rings is 1. The largest absolute Gasteiger partial charge is 0.481 e. The highest BCUT2D eigenvalue weighted by Gasteiger charge is 2.47. The zero-order valence-corrected chi connectivity index (χ0v) is 12.3. The van der Waals surface area contributed by atoms with Crippen LogP contribution in [0.5, 0.6) is 0 Å². The Balaban J connectivity index is 2.14. The van der Waals surface area contributed by atoms with Crippen LogP contribution >= 0.6 is 0 Å². The first-order chi connectivity index (χ1) is 9.35. The molecule has 1 N–H and O–H groups in total. The second-order valence-corrected chi connectivity index (χ2v) is 6.15. The molecule has 0 aliphatic carbocycles. The fourth-order valence-electron chi connectivity index (χ4n) is 2.99. The Morgan fingerprint density at radius 3 is 2.75 bits per heavy atom. The number of hydrogen-bond donors (Lipinski definition) is 1. The van der Waals surface area contributed by atoms with Gasteiger partial charge in [0.25, 0.3) is 0 Å². The molecule has 2 rings (SSSR count). The van der Waals surface area contributed by atoms with Crippen LogP contribution in [0.2, 0.25) is 0 Å². The van der Waals surface area contributed by atoms with Crippen LogP contribution in [-0.2, 0) is 11.3 Å². The van der Waals surface area contributed by atoms with E-state index in [-0.39, 0.29) is 11.7 Å². The molecule has 1 aromatic carbocycles. The van der Waals surface area contributed by atoms with Crippen molar-refractivity contribution in [2.75, 3.05) is 13.1 Å². The molecule has 1 atom stereocenters. The molecule has 1 unspecified atom stereocenters. The van der Waals surface area contributed by atoms with Gasteiger partial charge in [-0.25, -0.2) is 4.39 Å². The Labute approximate surface area is 119 Å². The molecule has 1 heterocycles. The Hall–Kier alpha value is -1.42. The van der Waals surface area contributed by atoms with E-state index in [0.29, 0.717) is 19.5 Å². The van der Waals surface area contributed by atoms with Gasteiger partial charge in [0.2, 0.25) is 0 Å². The van der Waals surface area contributed by atoms with Crippen LogP contribution in [0.3, 0.4) is 0 Å². The van der Waals surface area contributed by atoms with E-state index in [2.05, 4.69) is 4.90 Å². The number of carbonyl (C=O) groups is 1. The van der Waals surface area contributed by atoms with E-state index in [4.69, 9.17) is 0 Å². The Bertz CT molecular complexity index is 515. The summed E-state index contributed by atoms with van der Waals surface area (Å²) in [5.74, 6) is -0.859. The number of aliphatic carboxylic acids is 1. The highest BCUT2D eigenvalue weighted by atomic mass is 19.1. The van der Waals surface area contributed by atoms with Crippen molar-refractivity contribution in [1.29, 1.82) is 0 Å². The maximum absolute atomic E-state index is 13.3. The molecular weight excluding hydrogens is 257 g/mol. The number of likely N-dealkylation sites (tertiary alicyclic amines) is 1. The zero-order chi connectivity index (χ0) is 14.9. The topological polar surface area (TPSA) is 40.5 Å².